The average molecular weight is 609 g/mol. The number of nitrogens with one attached hydrogen (secondary N) is 1. The van der Waals surface area contributed by atoms with Gasteiger partial charge in [0.2, 0.25) is 11.8 Å². The maximum atomic E-state index is 14.2. The Morgan fingerprint density at radius 3 is 1.76 bits per heavy atom. The van der Waals surface area contributed by atoms with Crippen LogP contribution in [0.3, 0.4) is 0 Å². The molecule has 0 aromatic heterocycles. The molecule has 3 amide bonds. The number of hydrogen-bond donors (Lipinski definition) is 1. The summed E-state index contributed by atoms with van der Waals surface area (Å²) in [5.41, 5.74) is 4.97. The van der Waals surface area contributed by atoms with Gasteiger partial charge in [-0.25, -0.2) is 9.59 Å². The molecular weight excluding hydrogens is 572 g/mol. The van der Waals surface area contributed by atoms with Gasteiger partial charge in [0.25, 0.3) is 5.91 Å². The molecule has 232 valence electrons. The van der Waals surface area contributed by atoms with E-state index in [4.69, 9.17) is 9.47 Å². The van der Waals surface area contributed by atoms with Crippen molar-refractivity contribution in [3.63, 3.8) is 0 Å². The van der Waals surface area contributed by atoms with Crippen molar-refractivity contribution in [1.29, 1.82) is 0 Å². The number of carbonyl (C=O) groups is 5. The minimum absolute atomic E-state index is 0.0340. The highest BCUT2D eigenvalue weighted by Gasteiger charge is 2.63. The molecule has 45 heavy (non-hydrogen) atoms. The molecule has 3 aliphatic carbocycles. The van der Waals surface area contributed by atoms with Crippen molar-refractivity contribution in [2.45, 2.75) is 51.5 Å². The summed E-state index contributed by atoms with van der Waals surface area (Å²) in [6.07, 6.45) is 0.920. The number of anilines is 1. The summed E-state index contributed by atoms with van der Waals surface area (Å²) in [6.45, 7) is 5.43. The van der Waals surface area contributed by atoms with Crippen molar-refractivity contribution in [2.75, 3.05) is 18.5 Å². The average Bonchev–Trinajstić information content (AvgIpc) is 3.31. The van der Waals surface area contributed by atoms with Crippen molar-refractivity contribution >= 4 is 35.3 Å². The van der Waals surface area contributed by atoms with Gasteiger partial charge < -0.3 is 14.8 Å². The smallest absolute Gasteiger partial charge is 0.338 e. The third-order valence-corrected chi connectivity index (χ3v) is 8.95. The molecule has 0 saturated carbocycles. The Kier molecular flexibility index (Phi) is 8.27. The molecule has 2 bridgehead atoms. The van der Waals surface area contributed by atoms with E-state index in [0.29, 0.717) is 24.3 Å². The maximum absolute atomic E-state index is 14.2. The standard InChI is InChI=1S/C36H36N2O7/c1-4-17-44-35(42)21-13-15-22(16-14-21)37-28(39)19-45-36(43)27(18-20(2)3)38-33(40)31-29-23-9-5-6-10-24(23)30(32(31)34(38)41)26-12-8-7-11-25(26)29/h5-16,20,27,29-32H,4,17-19H2,1-3H3,(H,37,39)/t27-,29?,30?,31-,32-/m0/s1. The van der Waals surface area contributed by atoms with Crippen molar-refractivity contribution in [3.8, 4) is 0 Å². The third kappa shape index (κ3) is 5.41. The zero-order valence-corrected chi connectivity index (χ0v) is 25.5. The summed E-state index contributed by atoms with van der Waals surface area (Å²) in [5.74, 6) is -4.40. The first-order chi connectivity index (χ1) is 21.7. The van der Waals surface area contributed by atoms with Gasteiger partial charge in [-0.3, -0.25) is 19.3 Å². The summed E-state index contributed by atoms with van der Waals surface area (Å²) in [4.78, 5) is 67.8. The minimum atomic E-state index is -1.15. The number of rotatable bonds is 10. The van der Waals surface area contributed by atoms with Crippen LogP contribution in [0.15, 0.2) is 72.8 Å². The number of ether oxygens (including phenoxy) is 2. The van der Waals surface area contributed by atoms with E-state index in [0.717, 1.165) is 27.2 Å². The van der Waals surface area contributed by atoms with Gasteiger partial charge in [-0.15, -0.1) is 0 Å². The molecule has 3 aromatic rings. The Morgan fingerprint density at radius 2 is 1.29 bits per heavy atom. The molecule has 1 heterocycles. The molecule has 0 radical (unpaired) electrons. The highest BCUT2D eigenvalue weighted by Crippen LogP contribution is 2.61. The lowest BCUT2D eigenvalue weighted by atomic mass is 9.55. The van der Waals surface area contributed by atoms with Gasteiger partial charge in [0.15, 0.2) is 6.61 Å². The second kappa shape index (κ2) is 12.3. The van der Waals surface area contributed by atoms with Crippen LogP contribution >= 0.6 is 0 Å². The molecule has 1 saturated heterocycles. The van der Waals surface area contributed by atoms with E-state index in [9.17, 15) is 24.0 Å². The van der Waals surface area contributed by atoms with Crippen molar-refractivity contribution in [3.05, 3.63) is 101 Å². The molecule has 1 aliphatic heterocycles. The molecule has 3 atom stereocenters. The first-order valence-corrected chi connectivity index (χ1v) is 15.5. The van der Waals surface area contributed by atoms with Crippen LogP contribution < -0.4 is 5.32 Å². The Morgan fingerprint density at radius 1 is 0.778 bits per heavy atom. The summed E-state index contributed by atoms with van der Waals surface area (Å²) >= 11 is 0. The van der Waals surface area contributed by atoms with Gasteiger partial charge in [-0.1, -0.05) is 69.3 Å². The molecule has 0 unspecified atom stereocenters. The van der Waals surface area contributed by atoms with Crippen LogP contribution in [-0.2, 0) is 28.7 Å². The molecule has 1 N–H and O–H groups in total. The quantitative estimate of drug-likeness (QED) is 0.253. The minimum Gasteiger partial charge on any atom is -0.462 e. The Balaban J connectivity index is 1.18. The fourth-order valence-electron chi connectivity index (χ4n) is 7.16. The number of esters is 2. The number of nitrogens with zero attached hydrogens (tertiary/aromatic N) is 1. The van der Waals surface area contributed by atoms with Gasteiger partial charge in [0.05, 0.1) is 24.0 Å². The highest BCUT2D eigenvalue weighted by molar-refractivity contribution is 6.10. The fraction of sp³-hybridized carbons (Fsp3) is 0.361. The van der Waals surface area contributed by atoms with Crippen LogP contribution in [0.2, 0.25) is 0 Å². The zero-order chi connectivity index (χ0) is 31.8. The molecule has 9 nitrogen and oxygen atoms in total. The van der Waals surface area contributed by atoms with E-state index in [-0.39, 0.29) is 36.0 Å². The Labute approximate surface area is 261 Å². The van der Waals surface area contributed by atoms with Gasteiger partial charge in [0.1, 0.15) is 6.04 Å². The van der Waals surface area contributed by atoms with E-state index >= 15 is 0 Å². The number of amides is 3. The van der Waals surface area contributed by atoms with Crippen molar-refractivity contribution in [1.82, 2.24) is 4.90 Å². The SMILES string of the molecule is CCCOC(=O)c1ccc(NC(=O)COC(=O)[C@H](CC(C)C)N2C(=O)[C@H]3C4c5ccccc5C(c5ccccc54)[C@@H]3C2=O)cc1. The topological polar surface area (TPSA) is 119 Å². The van der Waals surface area contributed by atoms with E-state index < -0.39 is 42.3 Å². The normalized spacial score (nSPS) is 21.6. The highest BCUT2D eigenvalue weighted by atomic mass is 16.5. The van der Waals surface area contributed by atoms with Crippen molar-refractivity contribution < 1.29 is 33.4 Å². The van der Waals surface area contributed by atoms with E-state index in [1.54, 1.807) is 12.1 Å². The molecule has 1 fully saturated rings. The predicted octanol–water partition coefficient (Wildman–Crippen LogP) is 5.04. The van der Waals surface area contributed by atoms with E-state index in [1.165, 1.54) is 12.1 Å². The fourth-order valence-corrected chi connectivity index (χ4v) is 7.16. The zero-order valence-electron chi connectivity index (χ0n) is 25.5. The summed E-state index contributed by atoms with van der Waals surface area (Å²) in [5, 5.41) is 2.64. The van der Waals surface area contributed by atoms with Gasteiger partial charge in [0, 0.05) is 17.5 Å². The molecule has 7 rings (SSSR count). The molecule has 9 heteroatoms. The Bertz CT molecular complexity index is 1550. The van der Waals surface area contributed by atoms with Crippen molar-refractivity contribution in [2.24, 2.45) is 17.8 Å². The lowest BCUT2D eigenvalue weighted by Gasteiger charge is -2.45. The van der Waals surface area contributed by atoms with Crippen LogP contribution in [0.25, 0.3) is 0 Å². The third-order valence-electron chi connectivity index (χ3n) is 8.95. The molecular formula is C36H36N2O7. The number of likely N-dealkylation sites (tertiary alicyclic amines) is 1. The number of carbonyl (C=O) groups excluding carboxylic acids is 5. The lowest BCUT2D eigenvalue weighted by molar-refractivity contribution is -0.160. The second-order valence-corrected chi connectivity index (χ2v) is 12.3. The van der Waals surface area contributed by atoms with Gasteiger partial charge in [-0.05, 0) is 65.3 Å². The molecule has 0 spiro atoms. The van der Waals surface area contributed by atoms with E-state index in [1.807, 2.05) is 69.3 Å². The number of hydrogen-bond acceptors (Lipinski definition) is 7. The Hall–Kier alpha value is -4.79. The second-order valence-electron chi connectivity index (χ2n) is 12.3. The van der Waals surface area contributed by atoms with Crippen LogP contribution in [-0.4, -0.2) is 53.8 Å². The lowest BCUT2D eigenvalue weighted by Crippen LogP contribution is -2.47. The first-order valence-electron chi connectivity index (χ1n) is 15.5. The largest absolute Gasteiger partial charge is 0.462 e. The van der Waals surface area contributed by atoms with E-state index in [2.05, 4.69) is 5.32 Å². The summed E-state index contributed by atoms with van der Waals surface area (Å²) in [7, 11) is 0. The maximum Gasteiger partial charge on any atom is 0.338 e. The van der Waals surface area contributed by atoms with Crippen LogP contribution in [0, 0.1) is 17.8 Å². The number of imide groups is 1. The first kappa shape index (κ1) is 30.2. The van der Waals surface area contributed by atoms with Crippen LogP contribution in [0.1, 0.15) is 78.1 Å². The number of benzene rings is 3. The summed E-state index contributed by atoms with van der Waals surface area (Å²) < 4.78 is 10.5. The van der Waals surface area contributed by atoms with Gasteiger partial charge >= 0.3 is 11.9 Å². The van der Waals surface area contributed by atoms with Gasteiger partial charge in [-0.2, -0.15) is 0 Å². The molecule has 4 aliphatic rings. The van der Waals surface area contributed by atoms with Crippen LogP contribution in [0.4, 0.5) is 5.69 Å². The monoisotopic (exact) mass is 608 g/mol. The summed E-state index contributed by atoms with van der Waals surface area (Å²) in [6, 6.07) is 21.0. The molecule has 3 aromatic carbocycles. The van der Waals surface area contributed by atoms with Crippen LogP contribution in [0.5, 0.6) is 0 Å². The predicted molar refractivity (Wildman–Crippen MR) is 165 cm³/mol.